The maximum Gasteiger partial charge on any atom is 0.0698 e. The van der Waals surface area contributed by atoms with E-state index in [9.17, 15) is 5.11 Å². The Morgan fingerprint density at radius 1 is 1.11 bits per heavy atom. The number of hydrogen-bond acceptors (Lipinski definition) is 2. The highest BCUT2D eigenvalue weighted by Gasteiger charge is 2.46. The van der Waals surface area contributed by atoms with Crippen LogP contribution in [0.4, 0.5) is 0 Å². The van der Waals surface area contributed by atoms with E-state index in [4.69, 9.17) is 0 Å². The van der Waals surface area contributed by atoms with Gasteiger partial charge in [0.1, 0.15) is 0 Å². The largest absolute Gasteiger partial charge is 0.390 e. The summed E-state index contributed by atoms with van der Waals surface area (Å²) in [5.41, 5.74) is 0.958. The second-order valence-corrected chi connectivity index (χ2v) is 7.62. The van der Waals surface area contributed by atoms with Crippen LogP contribution in [0.15, 0.2) is 24.5 Å². The summed E-state index contributed by atoms with van der Waals surface area (Å²) in [6, 6.07) is 4.00. The van der Waals surface area contributed by atoms with Gasteiger partial charge in [-0.15, -0.1) is 0 Å². The molecule has 100 valence electrons. The Morgan fingerprint density at radius 2 is 1.72 bits per heavy atom. The van der Waals surface area contributed by atoms with Gasteiger partial charge in [-0.25, -0.2) is 0 Å². The molecule has 1 aromatic rings. The van der Waals surface area contributed by atoms with Crippen molar-refractivity contribution < 1.29 is 5.11 Å². The van der Waals surface area contributed by atoms with Crippen molar-refractivity contribution >= 4 is 0 Å². The molecule has 0 saturated heterocycles. The summed E-state index contributed by atoms with van der Waals surface area (Å²) < 4.78 is 0. The molecule has 1 aliphatic carbocycles. The van der Waals surface area contributed by atoms with Gasteiger partial charge < -0.3 is 5.11 Å². The van der Waals surface area contributed by atoms with Crippen LogP contribution in [0.25, 0.3) is 0 Å². The molecule has 2 heteroatoms. The zero-order valence-electron chi connectivity index (χ0n) is 12.0. The van der Waals surface area contributed by atoms with Gasteiger partial charge in [-0.05, 0) is 41.7 Å². The molecule has 18 heavy (non-hydrogen) atoms. The molecular weight excluding hydrogens is 222 g/mol. The van der Waals surface area contributed by atoms with Gasteiger partial charge in [0, 0.05) is 18.8 Å². The summed E-state index contributed by atoms with van der Waals surface area (Å²) in [6.45, 7) is 9.06. The molecule has 0 spiro atoms. The molecule has 1 fully saturated rings. The number of pyridine rings is 1. The minimum Gasteiger partial charge on any atom is -0.390 e. The average Bonchev–Trinajstić information content (AvgIpc) is 2.11. The fourth-order valence-corrected chi connectivity index (χ4v) is 4.27. The van der Waals surface area contributed by atoms with Crippen LogP contribution in [0.1, 0.15) is 52.5 Å². The normalized spacial score (nSPS) is 24.7. The van der Waals surface area contributed by atoms with E-state index in [0.717, 1.165) is 18.4 Å². The molecule has 0 bridgehead atoms. The summed E-state index contributed by atoms with van der Waals surface area (Å²) in [4.78, 5) is 4.14. The fraction of sp³-hybridized carbons (Fsp3) is 0.688. The number of aliphatic hydroxyl groups is 1. The second-order valence-electron chi connectivity index (χ2n) is 7.62. The van der Waals surface area contributed by atoms with E-state index in [-0.39, 0.29) is 10.8 Å². The lowest BCUT2D eigenvalue weighted by Gasteiger charge is -2.49. The van der Waals surface area contributed by atoms with Crippen molar-refractivity contribution in [1.29, 1.82) is 0 Å². The Morgan fingerprint density at radius 3 is 2.22 bits per heavy atom. The highest BCUT2D eigenvalue weighted by molar-refractivity contribution is 5.14. The third kappa shape index (κ3) is 3.32. The molecule has 1 N–H and O–H groups in total. The smallest absolute Gasteiger partial charge is 0.0698 e. The third-order valence-electron chi connectivity index (χ3n) is 3.83. The Kier molecular flexibility index (Phi) is 3.26. The van der Waals surface area contributed by atoms with Crippen LogP contribution in [-0.2, 0) is 6.42 Å². The quantitative estimate of drug-likeness (QED) is 0.866. The second kappa shape index (κ2) is 4.34. The summed E-state index contributed by atoms with van der Waals surface area (Å²) in [6.07, 6.45) is 7.29. The zero-order valence-corrected chi connectivity index (χ0v) is 12.0. The van der Waals surface area contributed by atoms with Crippen LogP contribution in [0.5, 0.6) is 0 Å². The number of aromatic nitrogens is 1. The molecule has 2 nitrogen and oxygen atoms in total. The van der Waals surface area contributed by atoms with Crippen molar-refractivity contribution in [3.8, 4) is 0 Å². The van der Waals surface area contributed by atoms with Crippen molar-refractivity contribution in [1.82, 2.24) is 4.98 Å². The molecule has 0 aromatic carbocycles. The molecule has 1 aromatic heterocycles. The van der Waals surface area contributed by atoms with Crippen molar-refractivity contribution in [2.75, 3.05) is 0 Å². The predicted octanol–water partition coefficient (Wildman–Crippen LogP) is 3.59. The third-order valence-corrected chi connectivity index (χ3v) is 3.83. The minimum atomic E-state index is -0.589. The topological polar surface area (TPSA) is 33.1 Å². The molecule has 0 radical (unpaired) electrons. The van der Waals surface area contributed by atoms with Crippen molar-refractivity contribution in [2.45, 2.75) is 59.0 Å². The van der Waals surface area contributed by atoms with Gasteiger partial charge in [0.25, 0.3) is 0 Å². The Bertz CT molecular complexity index is 392. The molecule has 1 saturated carbocycles. The van der Waals surface area contributed by atoms with Gasteiger partial charge in [-0.1, -0.05) is 33.8 Å². The first kappa shape index (κ1) is 13.5. The zero-order chi connectivity index (χ0) is 13.4. The van der Waals surface area contributed by atoms with Crippen LogP contribution in [0, 0.1) is 10.8 Å². The lowest BCUT2D eigenvalue weighted by Crippen LogP contribution is -2.47. The van der Waals surface area contributed by atoms with Gasteiger partial charge in [0.15, 0.2) is 0 Å². The first-order valence-corrected chi connectivity index (χ1v) is 6.81. The molecule has 1 aliphatic rings. The van der Waals surface area contributed by atoms with Gasteiger partial charge in [0.2, 0.25) is 0 Å². The van der Waals surface area contributed by atoms with Crippen LogP contribution in [0.3, 0.4) is 0 Å². The minimum absolute atomic E-state index is 0.207. The van der Waals surface area contributed by atoms with Crippen molar-refractivity contribution in [3.05, 3.63) is 30.1 Å². The Hall–Kier alpha value is -0.890. The van der Waals surface area contributed by atoms with Crippen molar-refractivity contribution in [3.63, 3.8) is 0 Å². The lowest BCUT2D eigenvalue weighted by molar-refractivity contribution is -0.0851. The highest BCUT2D eigenvalue weighted by Crippen LogP contribution is 2.50. The monoisotopic (exact) mass is 247 g/mol. The van der Waals surface area contributed by atoms with E-state index in [1.165, 1.54) is 6.42 Å². The first-order valence-electron chi connectivity index (χ1n) is 6.81. The van der Waals surface area contributed by atoms with E-state index in [1.54, 1.807) is 6.20 Å². The lowest BCUT2D eigenvalue weighted by atomic mass is 9.58. The summed E-state index contributed by atoms with van der Waals surface area (Å²) in [5.74, 6) is 0. The number of nitrogens with zero attached hydrogens (tertiary/aromatic N) is 1. The standard InChI is InChI=1S/C16H25NO/c1-14(2)10-15(3,4)12-16(18,11-14)8-13-6-5-7-17-9-13/h5-7,9,18H,8,10-12H2,1-4H3. The van der Waals surface area contributed by atoms with E-state index >= 15 is 0 Å². The molecule has 0 amide bonds. The van der Waals surface area contributed by atoms with Crippen LogP contribution >= 0.6 is 0 Å². The van der Waals surface area contributed by atoms with Crippen molar-refractivity contribution in [2.24, 2.45) is 10.8 Å². The Balaban J connectivity index is 2.19. The van der Waals surface area contributed by atoms with Gasteiger partial charge in [-0.3, -0.25) is 4.98 Å². The average molecular weight is 247 g/mol. The first-order chi connectivity index (χ1) is 8.20. The van der Waals surface area contributed by atoms with Gasteiger partial charge in [0.05, 0.1) is 5.60 Å². The van der Waals surface area contributed by atoms with Crippen LogP contribution in [-0.4, -0.2) is 15.7 Å². The fourth-order valence-electron chi connectivity index (χ4n) is 4.27. The maximum atomic E-state index is 11.0. The molecule has 0 unspecified atom stereocenters. The predicted molar refractivity (Wildman–Crippen MR) is 74.3 cm³/mol. The van der Waals surface area contributed by atoms with E-state index < -0.39 is 5.60 Å². The SMILES string of the molecule is CC1(C)CC(C)(C)CC(O)(Cc2cccnc2)C1. The molecule has 0 atom stereocenters. The summed E-state index contributed by atoms with van der Waals surface area (Å²) in [7, 11) is 0. The molecule has 0 aliphatic heterocycles. The highest BCUT2D eigenvalue weighted by atomic mass is 16.3. The molecular formula is C16H25NO. The van der Waals surface area contributed by atoms with Gasteiger partial charge >= 0.3 is 0 Å². The van der Waals surface area contributed by atoms with Crippen LogP contribution < -0.4 is 0 Å². The summed E-state index contributed by atoms with van der Waals surface area (Å²) in [5, 5.41) is 11.0. The number of hydrogen-bond donors (Lipinski definition) is 1. The van der Waals surface area contributed by atoms with Crippen LogP contribution in [0.2, 0.25) is 0 Å². The maximum absolute atomic E-state index is 11.0. The van der Waals surface area contributed by atoms with Gasteiger partial charge in [-0.2, -0.15) is 0 Å². The van der Waals surface area contributed by atoms with E-state index in [2.05, 4.69) is 38.7 Å². The molecule has 2 rings (SSSR count). The number of rotatable bonds is 2. The van der Waals surface area contributed by atoms with E-state index in [1.807, 2.05) is 12.3 Å². The Labute approximate surface area is 110 Å². The summed E-state index contributed by atoms with van der Waals surface area (Å²) >= 11 is 0. The van der Waals surface area contributed by atoms with E-state index in [0.29, 0.717) is 6.42 Å². The molecule has 1 heterocycles.